The van der Waals surface area contributed by atoms with Crippen molar-refractivity contribution in [2.75, 3.05) is 52.5 Å². The van der Waals surface area contributed by atoms with Crippen LogP contribution in [0.2, 0.25) is 0 Å². The van der Waals surface area contributed by atoms with Crippen molar-refractivity contribution in [3.8, 4) is 0 Å². The van der Waals surface area contributed by atoms with Crippen molar-refractivity contribution >= 4 is 5.91 Å². The first-order valence-corrected chi connectivity index (χ1v) is 7.45. The fourth-order valence-corrected chi connectivity index (χ4v) is 2.32. The number of carbonyl (C=O) groups excluding carboxylic acids is 1. The molecule has 1 aliphatic heterocycles. The first kappa shape index (κ1) is 16.4. The number of hydrogen-bond acceptors (Lipinski definition) is 4. The Morgan fingerprint density at radius 2 is 2.00 bits per heavy atom. The first-order valence-electron chi connectivity index (χ1n) is 7.45. The van der Waals surface area contributed by atoms with Crippen LogP contribution in [0.25, 0.3) is 0 Å². The van der Waals surface area contributed by atoms with Crippen molar-refractivity contribution in [3.05, 3.63) is 0 Å². The lowest BCUT2D eigenvalue weighted by Gasteiger charge is -2.35. The van der Waals surface area contributed by atoms with Crippen LogP contribution >= 0.6 is 0 Å². The molecule has 112 valence electrons. The number of nitrogens with two attached hydrogens (primary N) is 1. The highest BCUT2D eigenvalue weighted by atomic mass is 16.5. The van der Waals surface area contributed by atoms with Gasteiger partial charge in [0.05, 0.1) is 0 Å². The monoisotopic (exact) mass is 271 g/mol. The average Bonchev–Trinajstić information content (AvgIpc) is 2.44. The van der Waals surface area contributed by atoms with E-state index in [1.54, 1.807) is 0 Å². The normalized spacial score (nSPS) is 18.6. The molecule has 0 aliphatic carbocycles. The molecule has 0 aromatic rings. The van der Waals surface area contributed by atoms with Crippen LogP contribution in [0.3, 0.4) is 0 Å². The average molecular weight is 271 g/mol. The third-order valence-electron chi connectivity index (χ3n) is 3.58. The molecule has 0 aromatic carbocycles. The van der Waals surface area contributed by atoms with E-state index in [-0.39, 0.29) is 5.91 Å². The number of piperazine rings is 1. The molecule has 5 nitrogen and oxygen atoms in total. The highest BCUT2D eigenvalue weighted by molar-refractivity contribution is 5.76. The van der Waals surface area contributed by atoms with E-state index >= 15 is 0 Å². The molecule has 2 N–H and O–H groups in total. The summed E-state index contributed by atoms with van der Waals surface area (Å²) < 4.78 is 5.25. The zero-order valence-corrected chi connectivity index (χ0v) is 12.4. The van der Waals surface area contributed by atoms with Crippen LogP contribution in [0.5, 0.6) is 0 Å². The van der Waals surface area contributed by atoms with E-state index in [2.05, 4.69) is 11.8 Å². The maximum absolute atomic E-state index is 12.0. The van der Waals surface area contributed by atoms with Gasteiger partial charge in [-0.2, -0.15) is 0 Å². The number of nitrogens with zero attached hydrogens (tertiary/aromatic N) is 2. The molecule has 1 saturated heterocycles. The number of carbonyl (C=O) groups is 1. The minimum Gasteiger partial charge on any atom is -0.382 e. The number of hydrogen-bond donors (Lipinski definition) is 1. The van der Waals surface area contributed by atoms with Gasteiger partial charge in [0.1, 0.15) is 0 Å². The van der Waals surface area contributed by atoms with Crippen molar-refractivity contribution in [1.29, 1.82) is 0 Å². The largest absolute Gasteiger partial charge is 0.382 e. The van der Waals surface area contributed by atoms with Gasteiger partial charge < -0.3 is 15.4 Å². The van der Waals surface area contributed by atoms with Crippen LogP contribution in [-0.2, 0) is 9.53 Å². The van der Waals surface area contributed by atoms with Gasteiger partial charge in [-0.15, -0.1) is 0 Å². The maximum atomic E-state index is 12.0. The molecule has 1 rings (SSSR count). The zero-order valence-electron chi connectivity index (χ0n) is 12.4. The molecule has 5 heteroatoms. The molecule has 0 spiro atoms. The van der Waals surface area contributed by atoms with Crippen LogP contribution in [0, 0.1) is 5.92 Å². The summed E-state index contributed by atoms with van der Waals surface area (Å²) in [5.41, 5.74) is 5.64. The van der Waals surface area contributed by atoms with Crippen molar-refractivity contribution < 1.29 is 9.53 Å². The quantitative estimate of drug-likeness (QED) is 0.655. The molecule has 1 fully saturated rings. The first-order chi connectivity index (χ1) is 9.17. The number of ether oxygens (including phenoxy) is 1. The molecule has 1 unspecified atom stereocenters. The summed E-state index contributed by atoms with van der Waals surface area (Å²) in [5.74, 6) is 0.805. The van der Waals surface area contributed by atoms with Gasteiger partial charge in [-0.1, -0.05) is 6.92 Å². The molecule has 1 heterocycles. The highest BCUT2D eigenvalue weighted by Crippen LogP contribution is 2.07. The lowest BCUT2D eigenvalue weighted by Crippen LogP contribution is -2.50. The summed E-state index contributed by atoms with van der Waals surface area (Å²) in [5, 5.41) is 0. The van der Waals surface area contributed by atoms with Crippen molar-refractivity contribution in [2.24, 2.45) is 11.7 Å². The Bertz CT molecular complexity index is 253. The third kappa shape index (κ3) is 6.36. The number of rotatable bonds is 8. The lowest BCUT2D eigenvalue weighted by molar-refractivity contribution is -0.133. The standard InChI is InChI=1S/C14H29N3O2/c1-3-19-10-4-5-14(18)17-8-6-16(7-9-17)12-13(2)11-15/h13H,3-12,15H2,1-2H3. The van der Waals surface area contributed by atoms with Gasteiger partial charge in [-0.3, -0.25) is 9.69 Å². The predicted octanol–water partition coefficient (Wildman–Crippen LogP) is 0.542. The van der Waals surface area contributed by atoms with Crippen LogP contribution in [0.1, 0.15) is 26.7 Å². The topological polar surface area (TPSA) is 58.8 Å². The second kappa shape index (κ2) is 9.28. The second-order valence-electron chi connectivity index (χ2n) is 5.32. The molecule has 0 aromatic heterocycles. The minimum atomic E-state index is 0.270. The Morgan fingerprint density at radius 3 is 2.58 bits per heavy atom. The van der Waals surface area contributed by atoms with Crippen molar-refractivity contribution in [3.63, 3.8) is 0 Å². The van der Waals surface area contributed by atoms with Gasteiger partial charge >= 0.3 is 0 Å². The Labute approximate surface area is 117 Å². The molecule has 1 atom stereocenters. The Kier molecular flexibility index (Phi) is 8.02. The van der Waals surface area contributed by atoms with Crippen molar-refractivity contribution in [1.82, 2.24) is 9.80 Å². The molecule has 0 bridgehead atoms. The summed E-state index contributed by atoms with van der Waals surface area (Å²) in [7, 11) is 0. The fourth-order valence-electron chi connectivity index (χ4n) is 2.32. The van der Waals surface area contributed by atoms with E-state index in [0.29, 0.717) is 18.9 Å². The van der Waals surface area contributed by atoms with Crippen molar-refractivity contribution in [2.45, 2.75) is 26.7 Å². The predicted molar refractivity (Wildman–Crippen MR) is 77.0 cm³/mol. The summed E-state index contributed by atoms with van der Waals surface area (Å²) in [6.45, 7) is 11.0. The minimum absolute atomic E-state index is 0.270. The van der Waals surface area contributed by atoms with Gasteiger partial charge in [0.2, 0.25) is 5.91 Å². The van der Waals surface area contributed by atoms with Crippen LogP contribution < -0.4 is 5.73 Å². The number of amides is 1. The van der Waals surface area contributed by atoms with Crippen LogP contribution in [-0.4, -0.2) is 68.2 Å². The Morgan fingerprint density at radius 1 is 1.32 bits per heavy atom. The smallest absolute Gasteiger partial charge is 0.222 e. The molecule has 0 saturated carbocycles. The van der Waals surface area contributed by atoms with Gasteiger partial charge in [-0.05, 0) is 25.8 Å². The van der Waals surface area contributed by atoms with E-state index < -0.39 is 0 Å². The van der Waals surface area contributed by atoms with E-state index in [1.807, 2.05) is 11.8 Å². The summed E-state index contributed by atoms with van der Waals surface area (Å²) in [4.78, 5) is 16.4. The third-order valence-corrected chi connectivity index (χ3v) is 3.58. The molecular formula is C14H29N3O2. The zero-order chi connectivity index (χ0) is 14.1. The highest BCUT2D eigenvalue weighted by Gasteiger charge is 2.21. The van der Waals surface area contributed by atoms with Gasteiger partial charge in [0.15, 0.2) is 0 Å². The molecule has 1 aliphatic rings. The summed E-state index contributed by atoms with van der Waals surface area (Å²) in [6.07, 6.45) is 1.44. The molecular weight excluding hydrogens is 242 g/mol. The Hall–Kier alpha value is -0.650. The van der Waals surface area contributed by atoms with Crippen LogP contribution in [0.15, 0.2) is 0 Å². The van der Waals surface area contributed by atoms with Gasteiger partial charge in [-0.25, -0.2) is 0 Å². The van der Waals surface area contributed by atoms with Gasteiger partial charge in [0, 0.05) is 52.4 Å². The Balaban J connectivity index is 2.16. The molecule has 1 amide bonds. The van der Waals surface area contributed by atoms with E-state index in [4.69, 9.17) is 10.5 Å². The SMILES string of the molecule is CCOCCCC(=O)N1CCN(CC(C)CN)CC1. The fraction of sp³-hybridized carbons (Fsp3) is 0.929. The summed E-state index contributed by atoms with van der Waals surface area (Å²) in [6, 6.07) is 0. The maximum Gasteiger partial charge on any atom is 0.222 e. The van der Waals surface area contributed by atoms with E-state index in [0.717, 1.165) is 52.3 Å². The molecule has 0 radical (unpaired) electrons. The van der Waals surface area contributed by atoms with Gasteiger partial charge in [0.25, 0.3) is 0 Å². The lowest BCUT2D eigenvalue weighted by atomic mass is 10.1. The molecule has 19 heavy (non-hydrogen) atoms. The van der Waals surface area contributed by atoms with E-state index in [9.17, 15) is 4.79 Å². The summed E-state index contributed by atoms with van der Waals surface area (Å²) >= 11 is 0. The second-order valence-corrected chi connectivity index (χ2v) is 5.32. The van der Waals surface area contributed by atoms with E-state index in [1.165, 1.54) is 0 Å². The van der Waals surface area contributed by atoms with Crippen LogP contribution in [0.4, 0.5) is 0 Å².